The van der Waals surface area contributed by atoms with Gasteiger partial charge in [-0.15, -0.1) is 0 Å². The van der Waals surface area contributed by atoms with Gasteiger partial charge in [0.15, 0.2) is 0 Å². The van der Waals surface area contributed by atoms with Crippen LogP contribution in [0.4, 0.5) is 5.82 Å². The summed E-state index contributed by atoms with van der Waals surface area (Å²) in [5, 5.41) is 7.85. The van der Waals surface area contributed by atoms with E-state index in [4.69, 9.17) is 5.10 Å². The number of benzene rings is 2. The van der Waals surface area contributed by atoms with Crippen LogP contribution in [0.2, 0.25) is 0 Å². The Hall–Kier alpha value is -3.41. The van der Waals surface area contributed by atoms with E-state index in [1.165, 1.54) is 0 Å². The number of nitrogens with one attached hydrogen (secondary N) is 1. The van der Waals surface area contributed by atoms with Gasteiger partial charge in [0.1, 0.15) is 12.4 Å². The molecule has 6 heteroatoms. The van der Waals surface area contributed by atoms with Crippen molar-refractivity contribution < 1.29 is 9.59 Å². The van der Waals surface area contributed by atoms with Gasteiger partial charge in [0.2, 0.25) is 5.91 Å². The first kappa shape index (κ1) is 26.2. The molecule has 0 bridgehead atoms. The fraction of sp³-hybridized carbons (Fsp3) is 0.414. The molecule has 0 unspecified atom stereocenters. The first-order valence-electron chi connectivity index (χ1n) is 12.3. The summed E-state index contributed by atoms with van der Waals surface area (Å²) >= 11 is 0. The average Bonchev–Trinajstić information content (AvgIpc) is 3.21. The van der Waals surface area contributed by atoms with Crippen LogP contribution in [0.25, 0.3) is 5.69 Å². The first-order chi connectivity index (χ1) is 16.5. The molecule has 0 aliphatic carbocycles. The Morgan fingerprint density at radius 2 is 1.69 bits per heavy atom. The minimum absolute atomic E-state index is 0.0246. The summed E-state index contributed by atoms with van der Waals surface area (Å²) in [6.45, 7) is 15.0. The zero-order valence-electron chi connectivity index (χ0n) is 22.1. The maximum atomic E-state index is 13.3. The Kier molecular flexibility index (Phi) is 8.15. The van der Waals surface area contributed by atoms with Gasteiger partial charge in [0, 0.05) is 23.6 Å². The Labute approximate surface area is 209 Å². The first-order valence-corrected chi connectivity index (χ1v) is 12.3. The van der Waals surface area contributed by atoms with E-state index in [-0.39, 0.29) is 23.8 Å². The molecule has 6 nitrogen and oxygen atoms in total. The monoisotopic (exact) mass is 474 g/mol. The molecule has 3 rings (SSSR count). The number of hydrogen-bond donors (Lipinski definition) is 1. The lowest BCUT2D eigenvalue weighted by molar-refractivity contribution is -0.117. The number of para-hydroxylation sites is 1. The van der Waals surface area contributed by atoms with Crippen molar-refractivity contribution in [3.05, 3.63) is 77.0 Å². The molecule has 0 aliphatic rings. The lowest BCUT2D eigenvalue weighted by Crippen LogP contribution is -2.39. The third-order valence-electron chi connectivity index (χ3n) is 5.99. The molecule has 0 radical (unpaired) electrons. The van der Waals surface area contributed by atoms with Crippen LogP contribution in [0.15, 0.2) is 54.6 Å². The van der Waals surface area contributed by atoms with Gasteiger partial charge in [0.25, 0.3) is 5.91 Å². The lowest BCUT2D eigenvalue weighted by atomic mass is 9.92. The number of aryl methyl sites for hydroxylation is 2. The lowest BCUT2D eigenvalue weighted by Gasteiger charge is -2.23. The maximum Gasteiger partial charge on any atom is 0.254 e. The molecule has 2 amide bonds. The van der Waals surface area contributed by atoms with Gasteiger partial charge in [-0.25, -0.2) is 4.68 Å². The molecular formula is C29H38N4O2. The van der Waals surface area contributed by atoms with Crippen LogP contribution >= 0.6 is 0 Å². The zero-order chi connectivity index (χ0) is 25.8. The molecule has 0 spiro atoms. The fourth-order valence-corrected chi connectivity index (χ4v) is 3.72. The maximum absolute atomic E-state index is 13.3. The molecule has 35 heavy (non-hydrogen) atoms. The topological polar surface area (TPSA) is 67.2 Å². The van der Waals surface area contributed by atoms with E-state index < -0.39 is 0 Å². The molecule has 1 N–H and O–H groups in total. The van der Waals surface area contributed by atoms with Crippen LogP contribution < -0.4 is 5.32 Å². The summed E-state index contributed by atoms with van der Waals surface area (Å²) in [7, 11) is 0. The minimum atomic E-state index is -0.246. The Morgan fingerprint density at radius 1 is 1.03 bits per heavy atom. The van der Waals surface area contributed by atoms with Crippen LogP contribution in [0.5, 0.6) is 0 Å². The predicted octanol–water partition coefficient (Wildman–Crippen LogP) is 5.91. The molecule has 0 saturated carbocycles. The number of amides is 2. The zero-order valence-corrected chi connectivity index (χ0v) is 22.1. The van der Waals surface area contributed by atoms with Gasteiger partial charge in [-0.3, -0.25) is 9.59 Å². The van der Waals surface area contributed by atoms with Crippen molar-refractivity contribution in [2.45, 2.75) is 60.3 Å². The summed E-state index contributed by atoms with van der Waals surface area (Å²) in [6.07, 6.45) is 0.820. The van der Waals surface area contributed by atoms with E-state index in [1.54, 1.807) is 9.58 Å². The molecule has 0 fully saturated rings. The number of anilines is 1. The van der Waals surface area contributed by atoms with Gasteiger partial charge < -0.3 is 10.2 Å². The van der Waals surface area contributed by atoms with Crippen LogP contribution in [0, 0.1) is 19.8 Å². The number of carbonyl (C=O) groups is 2. The number of rotatable bonds is 8. The number of hydrogen-bond acceptors (Lipinski definition) is 3. The number of aromatic nitrogens is 2. The largest absolute Gasteiger partial charge is 0.329 e. The van der Waals surface area contributed by atoms with Crippen LogP contribution in [-0.2, 0) is 10.2 Å². The van der Waals surface area contributed by atoms with Crippen molar-refractivity contribution >= 4 is 17.6 Å². The van der Waals surface area contributed by atoms with Crippen molar-refractivity contribution in [2.24, 2.45) is 5.92 Å². The van der Waals surface area contributed by atoms with Crippen molar-refractivity contribution in [3.8, 4) is 5.69 Å². The van der Waals surface area contributed by atoms with Crippen LogP contribution in [-0.4, -0.2) is 39.6 Å². The van der Waals surface area contributed by atoms with Gasteiger partial charge in [-0.05, 0) is 49.9 Å². The SMILES string of the molecule is Cc1ccc(C(=O)N(CCC(C)C)CC(=O)Nc2cc(C(C)(C)C)nn2-c2ccccc2C)cc1. The van der Waals surface area contributed by atoms with Crippen molar-refractivity contribution in [3.63, 3.8) is 0 Å². The summed E-state index contributed by atoms with van der Waals surface area (Å²) in [4.78, 5) is 28.1. The van der Waals surface area contributed by atoms with Crippen molar-refractivity contribution in [1.29, 1.82) is 0 Å². The highest BCUT2D eigenvalue weighted by Crippen LogP contribution is 2.27. The highest BCUT2D eigenvalue weighted by atomic mass is 16.2. The second-order valence-electron chi connectivity index (χ2n) is 10.7. The van der Waals surface area contributed by atoms with E-state index >= 15 is 0 Å². The van der Waals surface area contributed by atoms with E-state index in [2.05, 4.69) is 39.9 Å². The molecule has 1 heterocycles. The molecule has 186 valence electrons. The minimum Gasteiger partial charge on any atom is -0.329 e. The molecule has 0 atom stereocenters. The number of carbonyl (C=O) groups excluding carboxylic acids is 2. The summed E-state index contributed by atoms with van der Waals surface area (Å²) in [6, 6.07) is 17.3. The van der Waals surface area contributed by atoms with Crippen LogP contribution in [0.1, 0.15) is 68.2 Å². The van der Waals surface area contributed by atoms with Crippen LogP contribution in [0.3, 0.4) is 0 Å². The van der Waals surface area contributed by atoms with E-state index in [9.17, 15) is 9.59 Å². The third-order valence-corrected chi connectivity index (χ3v) is 5.99. The normalized spacial score (nSPS) is 11.5. The highest BCUT2D eigenvalue weighted by Gasteiger charge is 2.24. The summed E-state index contributed by atoms with van der Waals surface area (Å²) in [5.74, 6) is 0.636. The van der Waals surface area contributed by atoms with Gasteiger partial charge in [0.05, 0.1) is 11.4 Å². The van der Waals surface area contributed by atoms with Crippen molar-refractivity contribution in [1.82, 2.24) is 14.7 Å². The second-order valence-corrected chi connectivity index (χ2v) is 10.7. The average molecular weight is 475 g/mol. The highest BCUT2D eigenvalue weighted by molar-refractivity contribution is 5.99. The number of nitrogens with zero attached hydrogens (tertiary/aromatic N) is 3. The predicted molar refractivity (Wildman–Crippen MR) is 142 cm³/mol. The molecule has 0 saturated heterocycles. The third kappa shape index (κ3) is 6.81. The fourth-order valence-electron chi connectivity index (χ4n) is 3.72. The van der Waals surface area contributed by atoms with E-state index in [0.717, 1.165) is 28.9 Å². The van der Waals surface area contributed by atoms with Gasteiger partial charge in [-0.2, -0.15) is 5.10 Å². The summed E-state index contributed by atoms with van der Waals surface area (Å²) in [5.41, 5.74) is 4.34. The van der Waals surface area contributed by atoms with Gasteiger partial charge in [-0.1, -0.05) is 70.5 Å². The Balaban J connectivity index is 1.87. The molecule has 1 aromatic heterocycles. The smallest absolute Gasteiger partial charge is 0.254 e. The van der Waals surface area contributed by atoms with E-state index in [1.807, 2.05) is 68.4 Å². The second kappa shape index (κ2) is 10.9. The Morgan fingerprint density at radius 3 is 2.29 bits per heavy atom. The standard InChI is InChI=1S/C29H38N4O2/c1-20(2)16-17-32(28(35)23-14-12-21(3)13-15-23)19-27(34)30-26-18-25(29(5,6)7)31-33(26)24-11-9-8-10-22(24)4/h8-15,18,20H,16-17,19H2,1-7H3,(H,30,34). The quantitative estimate of drug-likeness (QED) is 0.441. The molecule has 0 aliphatic heterocycles. The van der Waals surface area contributed by atoms with Crippen molar-refractivity contribution in [2.75, 3.05) is 18.4 Å². The molecule has 2 aromatic carbocycles. The van der Waals surface area contributed by atoms with E-state index in [0.29, 0.717) is 23.8 Å². The molecular weight excluding hydrogens is 436 g/mol. The summed E-state index contributed by atoms with van der Waals surface area (Å²) < 4.78 is 1.79. The van der Waals surface area contributed by atoms with Gasteiger partial charge >= 0.3 is 0 Å². The Bertz CT molecular complexity index is 1170. The molecule has 3 aromatic rings.